The molecule has 2 aliphatic rings. The third kappa shape index (κ3) is 1.40. The Hall–Kier alpha value is -0.520. The second kappa shape index (κ2) is 2.84. The maximum Gasteiger partial charge on any atom is 0.0748 e. The Kier molecular flexibility index (Phi) is 1.85. The van der Waals surface area contributed by atoms with Gasteiger partial charge in [-0.15, -0.1) is 5.92 Å². The van der Waals surface area contributed by atoms with E-state index in [-0.39, 0.29) is 0 Å². The molecule has 2 fully saturated rings. The number of nitrogens with zero attached hydrogens (tertiary/aromatic N) is 1. The lowest BCUT2D eigenvalue weighted by Gasteiger charge is -2.23. The summed E-state index contributed by atoms with van der Waals surface area (Å²) in [6, 6.07) is 0.699. The van der Waals surface area contributed by atoms with Crippen molar-refractivity contribution in [2.45, 2.75) is 25.5 Å². The van der Waals surface area contributed by atoms with Crippen LogP contribution in [0.5, 0.6) is 0 Å². The fraction of sp³-hybridized carbons (Fsp3) is 0.778. The first-order valence-electron chi connectivity index (χ1n) is 4.17. The highest BCUT2D eigenvalue weighted by Crippen LogP contribution is 2.33. The molecule has 0 radical (unpaired) electrons. The minimum absolute atomic E-state index is 0.544. The number of rotatable bonds is 1. The number of morpholine rings is 1. The van der Waals surface area contributed by atoms with Crippen LogP contribution in [0.15, 0.2) is 0 Å². The van der Waals surface area contributed by atoms with E-state index in [9.17, 15) is 0 Å². The average molecular weight is 151 g/mol. The van der Waals surface area contributed by atoms with Crippen molar-refractivity contribution in [1.82, 2.24) is 4.90 Å². The van der Waals surface area contributed by atoms with Crippen LogP contribution in [0.4, 0.5) is 0 Å². The van der Waals surface area contributed by atoms with E-state index in [1.54, 1.807) is 0 Å². The molecule has 2 atom stereocenters. The molecule has 0 bridgehead atoms. The van der Waals surface area contributed by atoms with Gasteiger partial charge in [-0.2, -0.15) is 0 Å². The number of ether oxygens (including phenoxy) is 1. The molecule has 2 unspecified atom stereocenters. The van der Waals surface area contributed by atoms with Crippen molar-refractivity contribution in [3.05, 3.63) is 0 Å². The zero-order chi connectivity index (χ0) is 7.68. The molecule has 0 spiro atoms. The number of fused-ring (bicyclic) bond motifs is 1. The topological polar surface area (TPSA) is 12.5 Å². The first-order chi connectivity index (χ1) is 5.42. The van der Waals surface area contributed by atoms with E-state index in [1.165, 1.54) is 6.42 Å². The molecule has 0 N–H and O–H groups in total. The van der Waals surface area contributed by atoms with Crippen molar-refractivity contribution in [3.8, 4) is 11.8 Å². The first-order valence-corrected chi connectivity index (χ1v) is 4.17. The SMILES string of the molecule is CC#CCN1CCOC2CC21. The van der Waals surface area contributed by atoms with Crippen molar-refractivity contribution in [1.29, 1.82) is 0 Å². The summed E-state index contributed by atoms with van der Waals surface area (Å²) in [5, 5.41) is 0. The summed E-state index contributed by atoms with van der Waals surface area (Å²) < 4.78 is 5.47. The van der Waals surface area contributed by atoms with E-state index in [0.29, 0.717) is 12.1 Å². The van der Waals surface area contributed by atoms with Gasteiger partial charge in [0.25, 0.3) is 0 Å². The molecule has 0 aromatic heterocycles. The van der Waals surface area contributed by atoms with E-state index < -0.39 is 0 Å². The third-order valence-corrected chi connectivity index (χ3v) is 2.34. The van der Waals surface area contributed by atoms with Gasteiger partial charge < -0.3 is 4.74 Å². The molecule has 1 saturated heterocycles. The molecule has 60 valence electrons. The van der Waals surface area contributed by atoms with Gasteiger partial charge in [-0.3, -0.25) is 4.90 Å². The Bertz CT molecular complexity index is 203. The fourth-order valence-electron chi connectivity index (χ4n) is 1.59. The van der Waals surface area contributed by atoms with Gasteiger partial charge in [0.2, 0.25) is 0 Å². The lowest BCUT2D eigenvalue weighted by Crippen LogP contribution is -2.36. The van der Waals surface area contributed by atoms with Gasteiger partial charge in [-0.1, -0.05) is 5.92 Å². The molecule has 1 heterocycles. The Morgan fingerprint density at radius 2 is 2.55 bits per heavy atom. The van der Waals surface area contributed by atoms with Crippen molar-refractivity contribution in [3.63, 3.8) is 0 Å². The molecule has 1 aliphatic heterocycles. The minimum atomic E-state index is 0.544. The fourth-order valence-corrected chi connectivity index (χ4v) is 1.59. The van der Waals surface area contributed by atoms with Crippen LogP contribution in [0, 0.1) is 11.8 Å². The van der Waals surface area contributed by atoms with Crippen LogP contribution in [-0.2, 0) is 4.74 Å². The van der Waals surface area contributed by atoms with Gasteiger partial charge in [-0.25, -0.2) is 0 Å². The molecule has 2 heteroatoms. The second-order valence-corrected chi connectivity index (χ2v) is 3.11. The highest BCUT2D eigenvalue weighted by atomic mass is 16.5. The van der Waals surface area contributed by atoms with Crippen molar-refractivity contribution >= 4 is 0 Å². The predicted octanol–water partition coefficient (Wildman–Crippen LogP) is 0.483. The Morgan fingerprint density at radius 1 is 1.64 bits per heavy atom. The van der Waals surface area contributed by atoms with Gasteiger partial charge in [-0.05, 0) is 13.3 Å². The van der Waals surface area contributed by atoms with Gasteiger partial charge in [0.1, 0.15) is 0 Å². The molecule has 1 saturated carbocycles. The summed E-state index contributed by atoms with van der Waals surface area (Å²) >= 11 is 0. The van der Waals surface area contributed by atoms with E-state index in [4.69, 9.17) is 4.74 Å². The van der Waals surface area contributed by atoms with Gasteiger partial charge in [0, 0.05) is 12.6 Å². The number of hydrogen-bond donors (Lipinski definition) is 0. The Morgan fingerprint density at radius 3 is 3.36 bits per heavy atom. The third-order valence-electron chi connectivity index (χ3n) is 2.34. The lowest BCUT2D eigenvalue weighted by atomic mass is 10.4. The molecule has 0 aromatic rings. The molecule has 0 aromatic carbocycles. The Balaban J connectivity index is 1.86. The van der Waals surface area contributed by atoms with Crippen LogP contribution in [0.2, 0.25) is 0 Å². The summed E-state index contributed by atoms with van der Waals surface area (Å²) in [4.78, 5) is 2.42. The van der Waals surface area contributed by atoms with Gasteiger partial charge in [0.05, 0.1) is 19.3 Å². The van der Waals surface area contributed by atoms with Crippen LogP contribution in [-0.4, -0.2) is 36.7 Å². The zero-order valence-corrected chi connectivity index (χ0v) is 6.84. The van der Waals surface area contributed by atoms with Crippen LogP contribution in [0.3, 0.4) is 0 Å². The highest BCUT2D eigenvalue weighted by molar-refractivity contribution is 5.05. The molecule has 1 aliphatic carbocycles. The van der Waals surface area contributed by atoms with Gasteiger partial charge in [0.15, 0.2) is 0 Å². The van der Waals surface area contributed by atoms with Crippen LogP contribution in [0.25, 0.3) is 0 Å². The number of hydrogen-bond acceptors (Lipinski definition) is 2. The molecule has 2 nitrogen and oxygen atoms in total. The quantitative estimate of drug-likeness (QED) is 0.505. The largest absolute Gasteiger partial charge is 0.375 e. The molecular weight excluding hydrogens is 138 g/mol. The normalized spacial score (nSPS) is 35.4. The van der Waals surface area contributed by atoms with Crippen LogP contribution in [0.1, 0.15) is 13.3 Å². The van der Waals surface area contributed by atoms with Crippen LogP contribution >= 0.6 is 0 Å². The monoisotopic (exact) mass is 151 g/mol. The Labute approximate surface area is 67.5 Å². The van der Waals surface area contributed by atoms with E-state index in [2.05, 4.69) is 16.7 Å². The summed E-state index contributed by atoms with van der Waals surface area (Å²) in [6.07, 6.45) is 1.77. The second-order valence-electron chi connectivity index (χ2n) is 3.11. The van der Waals surface area contributed by atoms with Crippen molar-refractivity contribution in [2.75, 3.05) is 19.7 Å². The maximum atomic E-state index is 5.47. The van der Waals surface area contributed by atoms with Crippen molar-refractivity contribution in [2.24, 2.45) is 0 Å². The van der Waals surface area contributed by atoms with E-state index >= 15 is 0 Å². The molecular formula is C9H13NO. The molecule has 0 amide bonds. The zero-order valence-electron chi connectivity index (χ0n) is 6.84. The van der Waals surface area contributed by atoms with E-state index in [1.807, 2.05) is 6.92 Å². The summed E-state index contributed by atoms with van der Waals surface area (Å²) in [6.45, 7) is 4.79. The average Bonchev–Trinajstić information content (AvgIpc) is 2.79. The predicted molar refractivity (Wildman–Crippen MR) is 43.2 cm³/mol. The summed E-state index contributed by atoms with van der Waals surface area (Å²) in [5.41, 5.74) is 0. The van der Waals surface area contributed by atoms with Crippen molar-refractivity contribution < 1.29 is 4.74 Å². The highest BCUT2D eigenvalue weighted by Gasteiger charge is 2.45. The van der Waals surface area contributed by atoms with E-state index in [0.717, 1.165) is 19.7 Å². The molecule has 2 rings (SSSR count). The summed E-state index contributed by atoms with van der Waals surface area (Å²) in [5.74, 6) is 6.02. The van der Waals surface area contributed by atoms with Gasteiger partial charge >= 0.3 is 0 Å². The smallest absolute Gasteiger partial charge is 0.0748 e. The first kappa shape index (κ1) is 7.15. The van der Waals surface area contributed by atoms with Crippen LogP contribution < -0.4 is 0 Å². The maximum absolute atomic E-state index is 5.47. The lowest BCUT2D eigenvalue weighted by molar-refractivity contribution is 0.0370. The standard InChI is InChI=1S/C9H13NO/c1-2-3-4-10-5-6-11-9-7-8(9)10/h8-9H,4-7H2,1H3. The minimum Gasteiger partial charge on any atom is -0.375 e. The molecule has 11 heavy (non-hydrogen) atoms. The summed E-state index contributed by atoms with van der Waals surface area (Å²) in [7, 11) is 0.